The largest absolute Gasteiger partial charge is 0.496 e. The van der Waals surface area contributed by atoms with E-state index < -0.39 is 5.54 Å². The van der Waals surface area contributed by atoms with Gasteiger partial charge in [0.05, 0.1) is 39.1 Å². The lowest BCUT2D eigenvalue weighted by atomic mass is 9.86. The summed E-state index contributed by atoms with van der Waals surface area (Å²) in [6.45, 7) is 4.59. The zero-order valence-electron chi connectivity index (χ0n) is 20.8. The van der Waals surface area contributed by atoms with Gasteiger partial charge in [0, 0.05) is 11.4 Å². The number of hydrogen-bond acceptors (Lipinski definition) is 5. The molecule has 8 heteroatoms. The highest BCUT2D eigenvalue weighted by Crippen LogP contribution is 2.40. The fourth-order valence-electron chi connectivity index (χ4n) is 5.51. The monoisotopic (exact) mass is 479 g/mol. The van der Waals surface area contributed by atoms with Crippen LogP contribution in [0.1, 0.15) is 55.8 Å². The van der Waals surface area contributed by atoms with Crippen LogP contribution in [0.4, 0.5) is 0 Å². The number of carbonyl (C=O) groups excluding carboxylic acids is 2. The summed E-state index contributed by atoms with van der Waals surface area (Å²) in [4.78, 5) is 29.5. The van der Waals surface area contributed by atoms with Gasteiger partial charge in [-0.2, -0.15) is 0 Å². The second-order valence-electron chi connectivity index (χ2n) is 10.0. The molecule has 1 saturated carbocycles. The topological polar surface area (TPSA) is 85.9 Å². The summed E-state index contributed by atoms with van der Waals surface area (Å²) in [7, 11) is 3.20. The molecule has 3 aromatic rings. The van der Waals surface area contributed by atoms with Gasteiger partial charge in [-0.15, -0.1) is 0 Å². The Hall–Kier alpha value is -3.42. The van der Waals surface area contributed by atoms with Crippen molar-refractivity contribution >= 4 is 22.7 Å². The van der Waals surface area contributed by atoms with Gasteiger partial charge in [-0.25, -0.2) is 0 Å². The minimum atomic E-state index is -1.13. The van der Waals surface area contributed by atoms with Crippen molar-refractivity contribution in [3.8, 4) is 11.5 Å². The SMILES string of the molecule is COc1ccc(OC)c2c1cc1n2C[C@](C)(C(=O)NC2CCC(C)CC2)N(Cc2ccco2)C1=O. The number of nitrogens with one attached hydrogen (secondary N) is 1. The summed E-state index contributed by atoms with van der Waals surface area (Å²) in [5, 5.41) is 4.05. The number of hydrogen-bond donors (Lipinski definition) is 1. The maximum absolute atomic E-state index is 14.0. The van der Waals surface area contributed by atoms with Crippen LogP contribution in [0.15, 0.2) is 41.0 Å². The summed E-state index contributed by atoms with van der Waals surface area (Å²) in [5.74, 6) is 2.21. The molecule has 2 aliphatic rings. The highest BCUT2D eigenvalue weighted by molar-refractivity contribution is 6.05. The molecule has 1 aromatic carbocycles. The van der Waals surface area contributed by atoms with Crippen LogP contribution in [0.2, 0.25) is 0 Å². The lowest BCUT2D eigenvalue weighted by Gasteiger charge is -2.44. The number of methoxy groups -OCH3 is 2. The third kappa shape index (κ3) is 3.94. The zero-order valence-corrected chi connectivity index (χ0v) is 20.8. The summed E-state index contributed by atoms with van der Waals surface area (Å²) < 4.78 is 18.7. The Kier molecular flexibility index (Phi) is 5.99. The van der Waals surface area contributed by atoms with E-state index in [0.717, 1.165) is 36.6 Å². The minimum Gasteiger partial charge on any atom is -0.496 e. The first-order valence-corrected chi connectivity index (χ1v) is 12.2. The number of nitrogens with zero attached hydrogens (tertiary/aromatic N) is 2. The zero-order chi connectivity index (χ0) is 24.7. The quantitative estimate of drug-likeness (QED) is 0.568. The highest BCUT2D eigenvalue weighted by atomic mass is 16.5. The molecule has 0 radical (unpaired) electrons. The standard InChI is InChI=1S/C27H33N3O5/c1-17-7-9-18(10-8-17)28-26(32)27(2)16-29-21(25(31)30(27)15-19-6-5-13-35-19)14-20-22(33-3)11-12-23(34-4)24(20)29/h5-6,11-14,17-18H,7-10,15-16H2,1-4H3,(H,28,32)/t17?,18?,27-/m1/s1. The van der Waals surface area contributed by atoms with Gasteiger partial charge in [0.15, 0.2) is 0 Å². The predicted octanol–water partition coefficient (Wildman–Crippen LogP) is 4.36. The average molecular weight is 480 g/mol. The van der Waals surface area contributed by atoms with E-state index in [9.17, 15) is 9.59 Å². The predicted molar refractivity (Wildman–Crippen MR) is 132 cm³/mol. The van der Waals surface area contributed by atoms with Gasteiger partial charge in [-0.3, -0.25) is 9.59 Å². The molecule has 1 N–H and O–H groups in total. The van der Waals surface area contributed by atoms with Crippen molar-refractivity contribution in [1.82, 2.24) is 14.8 Å². The Bertz CT molecular complexity index is 1240. The Morgan fingerprint density at radius 3 is 2.51 bits per heavy atom. The Balaban J connectivity index is 1.59. The Labute approximate surface area is 205 Å². The summed E-state index contributed by atoms with van der Waals surface area (Å²) in [6.07, 6.45) is 5.69. The van der Waals surface area contributed by atoms with Gasteiger partial charge in [-0.05, 0) is 68.9 Å². The molecular weight excluding hydrogens is 446 g/mol. The van der Waals surface area contributed by atoms with Crippen LogP contribution < -0.4 is 14.8 Å². The third-order valence-electron chi connectivity index (χ3n) is 7.68. The number of furan rings is 1. The number of ether oxygens (including phenoxy) is 2. The molecule has 186 valence electrons. The van der Waals surface area contributed by atoms with Crippen molar-refractivity contribution in [2.75, 3.05) is 14.2 Å². The van der Waals surface area contributed by atoms with Crippen LogP contribution in [-0.2, 0) is 17.9 Å². The van der Waals surface area contributed by atoms with Crippen LogP contribution in [0, 0.1) is 5.92 Å². The molecule has 1 atom stereocenters. The van der Waals surface area contributed by atoms with Crippen LogP contribution in [0.3, 0.4) is 0 Å². The average Bonchev–Trinajstić information content (AvgIpc) is 3.51. The first kappa shape index (κ1) is 23.3. The molecule has 1 aliphatic heterocycles. The molecule has 8 nitrogen and oxygen atoms in total. The Morgan fingerprint density at radius 1 is 1.14 bits per heavy atom. The first-order valence-electron chi connectivity index (χ1n) is 12.2. The normalized spacial score (nSPS) is 24.3. The fraction of sp³-hybridized carbons (Fsp3) is 0.481. The van der Waals surface area contributed by atoms with Crippen molar-refractivity contribution in [2.45, 2.75) is 64.2 Å². The third-order valence-corrected chi connectivity index (χ3v) is 7.68. The van der Waals surface area contributed by atoms with Crippen LogP contribution >= 0.6 is 0 Å². The van der Waals surface area contributed by atoms with E-state index in [4.69, 9.17) is 13.9 Å². The van der Waals surface area contributed by atoms with Crippen molar-refractivity contribution in [3.63, 3.8) is 0 Å². The van der Waals surface area contributed by atoms with Gasteiger partial charge >= 0.3 is 0 Å². The molecule has 5 rings (SSSR count). The van der Waals surface area contributed by atoms with E-state index >= 15 is 0 Å². The summed E-state index contributed by atoms with van der Waals surface area (Å²) in [6, 6.07) is 9.21. The molecule has 0 saturated heterocycles. The maximum atomic E-state index is 14.0. The Morgan fingerprint density at radius 2 is 1.86 bits per heavy atom. The first-order chi connectivity index (χ1) is 16.9. The van der Waals surface area contributed by atoms with Gasteiger partial charge in [-0.1, -0.05) is 6.92 Å². The summed E-state index contributed by atoms with van der Waals surface area (Å²) >= 11 is 0. The van der Waals surface area contributed by atoms with E-state index in [2.05, 4.69) is 12.2 Å². The molecule has 2 amide bonds. The van der Waals surface area contributed by atoms with E-state index in [1.165, 1.54) is 0 Å². The van der Waals surface area contributed by atoms with Crippen LogP contribution in [0.5, 0.6) is 11.5 Å². The fourth-order valence-corrected chi connectivity index (χ4v) is 5.51. The highest BCUT2D eigenvalue weighted by Gasteiger charge is 2.49. The number of fused-ring (bicyclic) bond motifs is 3. The maximum Gasteiger partial charge on any atom is 0.271 e. The van der Waals surface area contributed by atoms with Gasteiger partial charge in [0.25, 0.3) is 5.91 Å². The lowest BCUT2D eigenvalue weighted by molar-refractivity contribution is -0.134. The van der Waals surface area contributed by atoms with Gasteiger partial charge in [0.2, 0.25) is 5.91 Å². The smallest absolute Gasteiger partial charge is 0.271 e. The summed E-state index contributed by atoms with van der Waals surface area (Å²) in [5.41, 5.74) is 0.115. The molecule has 35 heavy (non-hydrogen) atoms. The lowest BCUT2D eigenvalue weighted by Crippen LogP contribution is -2.64. The van der Waals surface area contributed by atoms with E-state index in [1.54, 1.807) is 31.4 Å². The number of benzene rings is 1. The van der Waals surface area contributed by atoms with Crippen LogP contribution in [0.25, 0.3) is 10.9 Å². The van der Waals surface area contributed by atoms with Crippen molar-refractivity contribution < 1.29 is 23.5 Å². The molecule has 1 fully saturated rings. The van der Waals surface area contributed by atoms with Crippen molar-refractivity contribution in [2.24, 2.45) is 5.92 Å². The molecule has 0 unspecified atom stereocenters. The second kappa shape index (κ2) is 8.98. The number of amides is 2. The number of carbonyl (C=O) groups is 2. The van der Waals surface area contributed by atoms with Gasteiger partial charge in [0.1, 0.15) is 28.5 Å². The second-order valence-corrected chi connectivity index (χ2v) is 10.0. The van der Waals surface area contributed by atoms with E-state index in [1.807, 2.05) is 35.8 Å². The van der Waals surface area contributed by atoms with Crippen molar-refractivity contribution in [3.05, 3.63) is 48.0 Å². The molecular formula is C27H33N3O5. The van der Waals surface area contributed by atoms with Crippen LogP contribution in [-0.4, -0.2) is 47.1 Å². The van der Waals surface area contributed by atoms with E-state index in [0.29, 0.717) is 28.9 Å². The number of aromatic nitrogens is 1. The molecule has 1 aliphatic carbocycles. The number of rotatable bonds is 6. The molecule has 0 bridgehead atoms. The van der Waals surface area contributed by atoms with Crippen molar-refractivity contribution in [1.29, 1.82) is 0 Å². The minimum absolute atomic E-state index is 0.119. The van der Waals surface area contributed by atoms with E-state index in [-0.39, 0.29) is 30.9 Å². The molecule has 3 heterocycles. The molecule has 2 aromatic heterocycles. The van der Waals surface area contributed by atoms with Gasteiger partial charge < -0.3 is 28.7 Å². The molecule has 0 spiro atoms.